The molecule has 2 aromatic carbocycles. The average molecular weight is 410 g/mol. The maximum Gasteiger partial charge on any atom is 0.416 e. The number of carbonyl (C=O) groups excluding carboxylic acids is 1. The highest BCUT2D eigenvalue weighted by Gasteiger charge is 2.33. The van der Waals surface area contributed by atoms with Crippen molar-refractivity contribution in [3.8, 4) is 0 Å². The van der Waals surface area contributed by atoms with E-state index in [1.807, 2.05) is 0 Å². The fourth-order valence-corrected chi connectivity index (χ4v) is 2.76. The zero-order valence-corrected chi connectivity index (χ0v) is 14.6. The molecule has 0 fully saturated rings. The van der Waals surface area contributed by atoms with Gasteiger partial charge in [0.1, 0.15) is 12.0 Å². The first-order valence-corrected chi connectivity index (χ1v) is 8.22. The van der Waals surface area contributed by atoms with E-state index in [0.29, 0.717) is 6.07 Å². The van der Waals surface area contributed by atoms with Gasteiger partial charge >= 0.3 is 12.4 Å². The summed E-state index contributed by atoms with van der Waals surface area (Å²) >= 11 is 0. The maximum absolute atomic E-state index is 13.1. The van der Waals surface area contributed by atoms with Gasteiger partial charge in [-0.1, -0.05) is 24.3 Å². The summed E-state index contributed by atoms with van der Waals surface area (Å²) in [5.74, 6) is -0.777. The van der Waals surface area contributed by atoms with Gasteiger partial charge in [-0.15, -0.1) is 0 Å². The van der Waals surface area contributed by atoms with Crippen molar-refractivity contribution in [1.82, 2.24) is 9.97 Å². The van der Waals surface area contributed by atoms with Gasteiger partial charge in [0.05, 0.1) is 11.1 Å². The monoisotopic (exact) mass is 410 g/mol. The molecule has 3 rings (SSSR count). The first-order valence-electron chi connectivity index (χ1n) is 8.22. The zero-order chi connectivity index (χ0) is 21.2. The number of hydrogen-bond acceptors (Lipinski definition) is 3. The third kappa shape index (κ3) is 4.79. The van der Waals surface area contributed by atoms with Gasteiger partial charge in [-0.3, -0.25) is 4.79 Å². The summed E-state index contributed by atoms with van der Waals surface area (Å²) in [5.41, 5.74) is -1.97. The number of hydrogen-bond donors (Lipinski definition) is 0. The highest BCUT2D eigenvalue weighted by Crippen LogP contribution is 2.33. The molecule has 0 unspecified atom stereocenters. The van der Waals surface area contributed by atoms with Crippen LogP contribution in [0.1, 0.15) is 38.3 Å². The number of carbonyl (C=O) groups is 1. The molecule has 0 radical (unpaired) electrons. The minimum Gasteiger partial charge on any atom is -0.287 e. The summed E-state index contributed by atoms with van der Waals surface area (Å²) < 4.78 is 78.1. The van der Waals surface area contributed by atoms with Gasteiger partial charge in [-0.05, 0) is 41.8 Å². The van der Waals surface area contributed by atoms with Crippen LogP contribution in [0, 0.1) is 0 Å². The van der Waals surface area contributed by atoms with Crippen molar-refractivity contribution in [3.63, 3.8) is 0 Å². The number of benzene rings is 2. The highest BCUT2D eigenvalue weighted by atomic mass is 19.4. The molecule has 0 saturated carbocycles. The second-order valence-corrected chi connectivity index (χ2v) is 6.17. The van der Waals surface area contributed by atoms with Crippen molar-refractivity contribution < 1.29 is 31.1 Å². The fourth-order valence-electron chi connectivity index (χ4n) is 2.76. The Kier molecular flexibility index (Phi) is 5.41. The van der Waals surface area contributed by atoms with E-state index in [9.17, 15) is 31.1 Å². The molecule has 0 aliphatic carbocycles. The summed E-state index contributed by atoms with van der Waals surface area (Å²) in [5, 5.41) is 0. The highest BCUT2D eigenvalue weighted by molar-refractivity contribution is 6.08. The number of rotatable bonds is 4. The minimum atomic E-state index is -4.69. The van der Waals surface area contributed by atoms with Crippen LogP contribution in [-0.2, 0) is 18.8 Å². The van der Waals surface area contributed by atoms with Crippen LogP contribution >= 0.6 is 0 Å². The normalized spacial score (nSPS) is 12.1. The molecule has 150 valence electrons. The van der Waals surface area contributed by atoms with Crippen LogP contribution in [0.15, 0.2) is 61.1 Å². The van der Waals surface area contributed by atoms with E-state index in [4.69, 9.17) is 0 Å². The van der Waals surface area contributed by atoms with Crippen molar-refractivity contribution in [1.29, 1.82) is 0 Å². The second-order valence-electron chi connectivity index (χ2n) is 6.17. The van der Waals surface area contributed by atoms with Gasteiger partial charge in [0, 0.05) is 11.8 Å². The second kappa shape index (κ2) is 7.65. The number of halogens is 6. The third-order valence-electron chi connectivity index (χ3n) is 4.15. The van der Waals surface area contributed by atoms with Crippen LogP contribution in [0.25, 0.3) is 0 Å². The Morgan fingerprint density at radius 3 is 2.17 bits per heavy atom. The molecule has 0 N–H and O–H groups in total. The molecule has 0 aliphatic rings. The molecule has 1 aromatic heterocycles. The molecule has 1 heterocycles. The predicted octanol–water partition coefficient (Wildman–Crippen LogP) is 5.34. The smallest absolute Gasteiger partial charge is 0.287 e. The van der Waals surface area contributed by atoms with Gasteiger partial charge in [-0.25, -0.2) is 9.97 Å². The Labute approximate surface area is 161 Å². The maximum atomic E-state index is 13.1. The molecule has 0 saturated heterocycles. The van der Waals surface area contributed by atoms with E-state index in [0.717, 1.165) is 30.6 Å². The molecule has 0 atom stereocenters. The SMILES string of the molecule is O=C(c1ccncn1)c1cc(C(F)(F)F)ccc1Cc1cccc(C(F)(F)F)c1. The van der Waals surface area contributed by atoms with Crippen molar-refractivity contribution in [2.24, 2.45) is 0 Å². The Morgan fingerprint density at radius 1 is 0.862 bits per heavy atom. The standard InChI is InChI=1S/C20H12F6N2O/c21-19(22,23)14-3-1-2-12(9-14)8-13-4-5-15(20(24,25)26)10-16(13)18(29)17-6-7-27-11-28-17/h1-7,9-11H,8H2. The average Bonchev–Trinajstić information content (AvgIpc) is 2.67. The lowest BCUT2D eigenvalue weighted by Gasteiger charge is -2.14. The summed E-state index contributed by atoms with van der Waals surface area (Å²) in [6.07, 6.45) is -7.06. The largest absolute Gasteiger partial charge is 0.416 e. The van der Waals surface area contributed by atoms with Crippen LogP contribution in [-0.4, -0.2) is 15.8 Å². The minimum absolute atomic E-state index is 0.121. The van der Waals surface area contributed by atoms with Crippen molar-refractivity contribution in [2.75, 3.05) is 0 Å². The summed E-state index contributed by atoms with van der Waals surface area (Å²) in [4.78, 5) is 20.1. The first kappa shape index (κ1) is 20.5. The lowest BCUT2D eigenvalue weighted by molar-refractivity contribution is -0.138. The molecule has 0 amide bonds. The van der Waals surface area contributed by atoms with Gasteiger partial charge < -0.3 is 0 Å². The van der Waals surface area contributed by atoms with Crippen molar-refractivity contribution in [2.45, 2.75) is 18.8 Å². The van der Waals surface area contributed by atoms with Crippen LogP contribution in [0.3, 0.4) is 0 Å². The summed E-state index contributed by atoms with van der Waals surface area (Å²) in [6.45, 7) is 0. The molecular formula is C20H12F6N2O. The topological polar surface area (TPSA) is 42.9 Å². The lowest BCUT2D eigenvalue weighted by Crippen LogP contribution is -2.12. The molecule has 0 spiro atoms. The van der Waals surface area contributed by atoms with Gasteiger partial charge in [0.25, 0.3) is 0 Å². The molecular weight excluding hydrogens is 398 g/mol. The van der Waals surface area contributed by atoms with Crippen LogP contribution in [0.5, 0.6) is 0 Å². The molecule has 3 nitrogen and oxygen atoms in total. The predicted molar refractivity (Wildman–Crippen MR) is 91.2 cm³/mol. The Morgan fingerprint density at radius 2 is 1.55 bits per heavy atom. The fraction of sp³-hybridized carbons (Fsp3) is 0.150. The van der Waals surface area contributed by atoms with Crippen LogP contribution < -0.4 is 0 Å². The third-order valence-corrected chi connectivity index (χ3v) is 4.15. The van der Waals surface area contributed by atoms with Gasteiger partial charge in [-0.2, -0.15) is 26.3 Å². The Hall–Kier alpha value is -3.23. The number of alkyl halides is 6. The molecule has 3 aromatic rings. The van der Waals surface area contributed by atoms with E-state index < -0.39 is 29.3 Å². The van der Waals surface area contributed by atoms with E-state index in [2.05, 4.69) is 9.97 Å². The van der Waals surface area contributed by atoms with E-state index in [1.165, 1.54) is 24.4 Å². The summed E-state index contributed by atoms with van der Waals surface area (Å²) in [7, 11) is 0. The quantitative estimate of drug-likeness (QED) is 0.431. The zero-order valence-electron chi connectivity index (χ0n) is 14.6. The summed E-state index contributed by atoms with van der Waals surface area (Å²) in [6, 6.07) is 8.22. The Balaban J connectivity index is 2.06. The van der Waals surface area contributed by atoms with Crippen molar-refractivity contribution in [3.05, 3.63) is 94.6 Å². The number of aromatic nitrogens is 2. The molecule has 9 heteroatoms. The first-order chi connectivity index (χ1) is 13.6. The van der Waals surface area contributed by atoms with Crippen LogP contribution in [0.2, 0.25) is 0 Å². The molecule has 29 heavy (non-hydrogen) atoms. The van der Waals surface area contributed by atoms with Crippen molar-refractivity contribution >= 4 is 5.78 Å². The van der Waals surface area contributed by atoms with E-state index in [-0.39, 0.29) is 28.8 Å². The lowest BCUT2D eigenvalue weighted by atomic mass is 9.93. The van der Waals surface area contributed by atoms with Gasteiger partial charge in [0.2, 0.25) is 5.78 Å². The van der Waals surface area contributed by atoms with E-state index in [1.54, 1.807) is 0 Å². The number of nitrogens with zero attached hydrogens (tertiary/aromatic N) is 2. The Bertz CT molecular complexity index is 1030. The molecule has 0 aliphatic heterocycles. The van der Waals surface area contributed by atoms with Crippen LogP contribution in [0.4, 0.5) is 26.3 Å². The molecule has 0 bridgehead atoms. The van der Waals surface area contributed by atoms with Gasteiger partial charge in [0.15, 0.2) is 0 Å². The number of ketones is 1. The van der Waals surface area contributed by atoms with E-state index >= 15 is 0 Å².